The van der Waals surface area contributed by atoms with Crippen molar-refractivity contribution >= 4 is 11.8 Å². The highest BCUT2D eigenvalue weighted by Crippen LogP contribution is 2.53. The number of amides is 2. The molecule has 1 aliphatic heterocycles. The van der Waals surface area contributed by atoms with Crippen molar-refractivity contribution in [1.29, 1.82) is 0 Å². The summed E-state index contributed by atoms with van der Waals surface area (Å²) in [7, 11) is 0. The highest BCUT2D eigenvalue weighted by molar-refractivity contribution is 5.99. The molecule has 1 aliphatic carbocycles. The number of benzene rings is 2. The van der Waals surface area contributed by atoms with E-state index in [0.29, 0.717) is 25.6 Å². The number of aliphatic hydroxyl groups excluding tert-OH is 1. The van der Waals surface area contributed by atoms with Crippen LogP contribution in [0, 0.1) is 17.6 Å². The van der Waals surface area contributed by atoms with Gasteiger partial charge in [-0.15, -0.1) is 0 Å². The first-order chi connectivity index (χ1) is 18.3. The molecule has 5 rings (SSSR count). The molecular weight excluding hydrogens is 496 g/mol. The topological polar surface area (TPSA) is 101 Å². The Hall–Kier alpha value is -4.05. The maximum absolute atomic E-state index is 14.1. The number of aliphatic hydroxyl groups is 1. The van der Waals surface area contributed by atoms with Gasteiger partial charge < -0.3 is 24.6 Å². The Balaban J connectivity index is 1.56. The summed E-state index contributed by atoms with van der Waals surface area (Å²) in [6.07, 6.45) is 1.90. The van der Waals surface area contributed by atoms with Crippen molar-refractivity contribution in [1.82, 2.24) is 14.8 Å². The molecule has 38 heavy (non-hydrogen) atoms. The number of nitrogens with zero attached hydrogens (tertiary/aromatic N) is 2. The maximum atomic E-state index is 14.1. The van der Waals surface area contributed by atoms with E-state index in [2.05, 4.69) is 5.32 Å². The Kier molecular flexibility index (Phi) is 6.75. The number of carbonyl (C=O) groups is 2. The van der Waals surface area contributed by atoms with E-state index in [4.69, 9.17) is 4.74 Å². The standard InChI is InChI=1S/C28H27F2N3O5/c1-2-32-16-28(11-19(28)14-34)33-13-21(26(36)31-12-18-8-9-20(29)10-22(18)30)24(35)25(23(33)27(32)37)38-15-17-6-4-3-5-7-17/h3-10,13,19,34H,2,11-12,14-16H2,1H3,(H,31,36)/t19-,28-/m1/s1. The molecule has 198 valence electrons. The molecule has 2 aliphatic rings. The second kappa shape index (κ2) is 10.0. The fourth-order valence-corrected chi connectivity index (χ4v) is 5.08. The van der Waals surface area contributed by atoms with Crippen LogP contribution in [0.3, 0.4) is 0 Å². The van der Waals surface area contributed by atoms with Crippen LogP contribution >= 0.6 is 0 Å². The molecule has 1 fully saturated rings. The molecule has 2 N–H and O–H groups in total. The summed E-state index contributed by atoms with van der Waals surface area (Å²) in [5.74, 6) is -3.18. The number of ether oxygens (including phenoxy) is 1. The Morgan fingerprint density at radius 2 is 1.95 bits per heavy atom. The zero-order chi connectivity index (χ0) is 27.0. The second-order valence-corrected chi connectivity index (χ2v) is 9.62. The van der Waals surface area contributed by atoms with E-state index in [-0.39, 0.29) is 48.2 Å². The number of hydrogen-bond acceptors (Lipinski definition) is 5. The lowest BCUT2D eigenvalue weighted by molar-refractivity contribution is 0.0626. The zero-order valence-electron chi connectivity index (χ0n) is 20.7. The molecule has 2 aromatic carbocycles. The van der Waals surface area contributed by atoms with E-state index in [1.807, 2.05) is 37.3 Å². The van der Waals surface area contributed by atoms with Gasteiger partial charge in [-0.3, -0.25) is 14.4 Å². The van der Waals surface area contributed by atoms with Gasteiger partial charge in [0.1, 0.15) is 23.8 Å². The third-order valence-electron chi connectivity index (χ3n) is 7.33. The summed E-state index contributed by atoms with van der Waals surface area (Å²) < 4.78 is 34.9. The molecule has 3 aromatic rings. The van der Waals surface area contributed by atoms with Crippen molar-refractivity contribution in [3.63, 3.8) is 0 Å². The summed E-state index contributed by atoms with van der Waals surface area (Å²) in [5, 5.41) is 12.4. The molecule has 0 saturated heterocycles. The summed E-state index contributed by atoms with van der Waals surface area (Å²) >= 11 is 0. The Bertz CT molecular complexity index is 1460. The summed E-state index contributed by atoms with van der Waals surface area (Å²) in [4.78, 5) is 41.9. The first-order valence-corrected chi connectivity index (χ1v) is 12.4. The van der Waals surface area contributed by atoms with Crippen LogP contribution in [0.1, 0.15) is 45.3 Å². The first-order valence-electron chi connectivity index (χ1n) is 12.4. The average molecular weight is 524 g/mol. The van der Waals surface area contributed by atoms with Crippen molar-refractivity contribution < 1.29 is 28.2 Å². The van der Waals surface area contributed by atoms with Crippen LogP contribution < -0.4 is 15.5 Å². The van der Waals surface area contributed by atoms with Gasteiger partial charge in [-0.25, -0.2) is 8.78 Å². The van der Waals surface area contributed by atoms with Gasteiger partial charge in [-0.05, 0) is 25.0 Å². The quantitative estimate of drug-likeness (QED) is 0.473. The largest absolute Gasteiger partial charge is 0.483 e. The van der Waals surface area contributed by atoms with E-state index >= 15 is 0 Å². The third-order valence-corrected chi connectivity index (χ3v) is 7.33. The average Bonchev–Trinajstić information content (AvgIpc) is 3.63. The first kappa shape index (κ1) is 25.6. The lowest BCUT2D eigenvalue weighted by Crippen LogP contribution is -2.50. The number of carbonyl (C=O) groups excluding carboxylic acids is 2. The highest BCUT2D eigenvalue weighted by Gasteiger charge is 2.60. The number of pyridine rings is 1. The maximum Gasteiger partial charge on any atom is 0.274 e. The van der Waals surface area contributed by atoms with Crippen LogP contribution in [0.2, 0.25) is 0 Å². The summed E-state index contributed by atoms with van der Waals surface area (Å²) in [6.45, 7) is 2.14. The van der Waals surface area contributed by atoms with Crippen molar-refractivity contribution in [2.75, 3.05) is 19.7 Å². The Morgan fingerprint density at radius 1 is 1.18 bits per heavy atom. The molecule has 8 nitrogen and oxygen atoms in total. The van der Waals surface area contributed by atoms with Crippen LogP contribution in [-0.4, -0.2) is 46.1 Å². The molecule has 2 atom stereocenters. The van der Waals surface area contributed by atoms with Crippen LogP contribution in [-0.2, 0) is 18.7 Å². The van der Waals surface area contributed by atoms with Gasteiger partial charge in [0.25, 0.3) is 11.8 Å². The van der Waals surface area contributed by atoms with E-state index in [1.165, 1.54) is 12.3 Å². The molecule has 0 bridgehead atoms. The van der Waals surface area contributed by atoms with Gasteiger partial charge in [0, 0.05) is 50.0 Å². The Labute approximate surface area is 217 Å². The molecule has 1 spiro atoms. The lowest BCUT2D eigenvalue weighted by atomic mass is 10.0. The Morgan fingerprint density at radius 3 is 2.61 bits per heavy atom. The monoisotopic (exact) mass is 523 g/mol. The predicted molar refractivity (Wildman–Crippen MR) is 134 cm³/mol. The fourth-order valence-electron chi connectivity index (χ4n) is 5.08. The van der Waals surface area contributed by atoms with Crippen molar-refractivity contribution in [3.8, 4) is 5.75 Å². The van der Waals surface area contributed by atoms with Crippen LogP contribution in [0.5, 0.6) is 5.75 Å². The molecule has 1 saturated carbocycles. The highest BCUT2D eigenvalue weighted by atomic mass is 19.1. The van der Waals surface area contributed by atoms with Gasteiger partial charge in [0.05, 0.1) is 5.54 Å². The fraction of sp³-hybridized carbons (Fsp3) is 0.321. The van der Waals surface area contributed by atoms with Crippen molar-refractivity contribution in [3.05, 3.63) is 99.0 Å². The number of halogens is 2. The number of aromatic nitrogens is 1. The van der Waals surface area contributed by atoms with Crippen LogP contribution in [0.15, 0.2) is 59.5 Å². The molecule has 2 amide bonds. The number of likely N-dealkylation sites (N-methyl/N-ethyl adjacent to an activating group) is 1. The summed E-state index contributed by atoms with van der Waals surface area (Å²) in [6, 6.07) is 12.1. The molecule has 0 unspecified atom stereocenters. The third kappa shape index (κ3) is 4.45. The van der Waals surface area contributed by atoms with Gasteiger partial charge in [-0.1, -0.05) is 36.4 Å². The zero-order valence-corrected chi connectivity index (χ0v) is 20.7. The molecular formula is C28H27F2N3O5. The smallest absolute Gasteiger partial charge is 0.274 e. The molecule has 2 heterocycles. The predicted octanol–water partition coefficient (Wildman–Crippen LogP) is 2.82. The van der Waals surface area contributed by atoms with Crippen LogP contribution in [0.4, 0.5) is 8.78 Å². The van der Waals surface area contributed by atoms with Crippen LogP contribution in [0.25, 0.3) is 0 Å². The SMILES string of the molecule is CCN1C[C@@]2(C[C@@H]2CO)n2cc(C(=O)NCc3ccc(F)cc3F)c(=O)c(OCc3ccccc3)c2C1=O. The minimum absolute atomic E-state index is 0.00915. The minimum atomic E-state index is -0.827. The van der Waals surface area contributed by atoms with Crippen molar-refractivity contribution in [2.24, 2.45) is 5.92 Å². The molecule has 0 radical (unpaired) electrons. The van der Waals surface area contributed by atoms with Gasteiger partial charge >= 0.3 is 0 Å². The van der Waals surface area contributed by atoms with E-state index in [1.54, 1.807) is 9.47 Å². The number of nitrogens with one attached hydrogen (secondary N) is 1. The summed E-state index contributed by atoms with van der Waals surface area (Å²) in [5.41, 5.74) is -0.878. The van der Waals surface area contributed by atoms with Gasteiger partial charge in [0.15, 0.2) is 11.4 Å². The number of rotatable bonds is 8. The van der Waals surface area contributed by atoms with E-state index in [0.717, 1.165) is 11.6 Å². The lowest BCUT2D eigenvalue weighted by Gasteiger charge is -2.37. The van der Waals surface area contributed by atoms with Crippen molar-refractivity contribution in [2.45, 2.75) is 32.0 Å². The normalized spacial score (nSPS) is 19.8. The number of hydrogen-bond donors (Lipinski definition) is 2. The number of fused-ring (bicyclic) bond motifs is 2. The van der Waals surface area contributed by atoms with E-state index < -0.39 is 34.4 Å². The molecule has 1 aromatic heterocycles. The second-order valence-electron chi connectivity index (χ2n) is 9.62. The van der Waals surface area contributed by atoms with E-state index in [9.17, 15) is 28.3 Å². The minimum Gasteiger partial charge on any atom is -0.483 e. The molecule has 10 heteroatoms. The van der Waals surface area contributed by atoms with Gasteiger partial charge in [0.2, 0.25) is 5.43 Å². The van der Waals surface area contributed by atoms with Gasteiger partial charge in [-0.2, -0.15) is 0 Å².